The van der Waals surface area contributed by atoms with Crippen LogP contribution in [-0.2, 0) is 16.0 Å². The topological polar surface area (TPSA) is 88.5 Å². The van der Waals surface area contributed by atoms with E-state index in [1.54, 1.807) is 6.92 Å². The molecule has 1 unspecified atom stereocenters. The second-order valence-electron chi connectivity index (χ2n) is 5.38. The second kappa shape index (κ2) is 8.44. The van der Waals surface area contributed by atoms with Crippen LogP contribution in [-0.4, -0.2) is 35.2 Å². The highest BCUT2D eigenvalue weighted by atomic mass is 32.1. The summed E-state index contributed by atoms with van der Waals surface area (Å²) in [6, 6.07) is 9.76. The zero-order valence-electron chi connectivity index (χ0n) is 13.6. The predicted octanol–water partition coefficient (Wildman–Crippen LogP) is 3.13. The van der Waals surface area contributed by atoms with E-state index in [0.29, 0.717) is 23.7 Å². The number of carboxylic acid groups (broad SMARTS) is 1. The molecule has 0 fully saturated rings. The highest BCUT2D eigenvalue weighted by Crippen LogP contribution is 2.24. The molecule has 2 aromatic rings. The number of anilines is 1. The maximum atomic E-state index is 11.7. The van der Waals surface area contributed by atoms with Gasteiger partial charge in [0.25, 0.3) is 0 Å². The van der Waals surface area contributed by atoms with Gasteiger partial charge in [-0.25, -0.2) is 9.78 Å². The molecule has 0 bridgehead atoms. The average Bonchev–Trinajstić information content (AvgIpc) is 2.93. The third-order valence-corrected chi connectivity index (χ3v) is 4.44. The minimum atomic E-state index is -0.833. The number of carbonyl (C=O) groups excluding carboxylic acids is 1. The Kier molecular flexibility index (Phi) is 6.31. The number of ether oxygens (including phenoxy) is 1. The molecule has 0 spiro atoms. The zero-order valence-corrected chi connectivity index (χ0v) is 14.4. The molecule has 1 aromatic carbocycles. The summed E-state index contributed by atoms with van der Waals surface area (Å²) in [5.74, 6) is -1.30. The molecule has 1 heterocycles. The standard InChI is InChI=1S/C17H20N2O4S/c1-11-15(16(22)23-2)19-17(24-11)18-13(8-9-14(20)21)10-12-6-4-3-5-7-12/h3-7,13H,8-10H2,1-2H3,(H,18,19)(H,20,21). The van der Waals surface area contributed by atoms with Crippen molar-refractivity contribution in [3.8, 4) is 0 Å². The quantitative estimate of drug-likeness (QED) is 0.713. The number of nitrogens with zero attached hydrogens (tertiary/aromatic N) is 1. The summed E-state index contributed by atoms with van der Waals surface area (Å²) in [5, 5.41) is 12.8. The van der Waals surface area contributed by atoms with Crippen molar-refractivity contribution in [1.82, 2.24) is 4.98 Å². The van der Waals surface area contributed by atoms with E-state index in [1.807, 2.05) is 30.3 Å². The Morgan fingerprint density at radius 3 is 2.67 bits per heavy atom. The van der Waals surface area contributed by atoms with Crippen molar-refractivity contribution >= 4 is 28.4 Å². The van der Waals surface area contributed by atoms with Crippen LogP contribution in [0.25, 0.3) is 0 Å². The molecule has 1 atom stereocenters. The first-order valence-corrected chi connectivity index (χ1v) is 8.39. The summed E-state index contributed by atoms with van der Waals surface area (Å²) in [6.07, 6.45) is 1.22. The van der Waals surface area contributed by atoms with Crippen LogP contribution < -0.4 is 5.32 Å². The number of nitrogens with one attached hydrogen (secondary N) is 1. The van der Waals surface area contributed by atoms with E-state index < -0.39 is 11.9 Å². The van der Waals surface area contributed by atoms with Crippen LogP contribution >= 0.6 is 11.3 Å². The largest absolute Gasteiger partial charge is 0.481 e. The van der Waals surface area contributed by atoms with Gasteiger partial charge in [0.2, 0.25) is 0 Å². The molecule has 0 saturated heterocycles. The molecule has 0 radical (unpaired) electrons. The molecule has 2 rings (SSSR count). The molecule has 24 heavy (non-hydrogen) atoms. The minimum absolute atomic E-state index is 0.0682. The number of carboxylic acids is 1. The number of benzene rings is 1. The first kappa shape index (κ1) is 17.9. The molecule has 0 aliphatic carbocycles. The van der Waals surface area contributed by atoms with Crippen molar-refractivity contribution in [1.29, 1.82) is 0 Å². The summed E-state index contributed by atoms with van der Waals surface area (Å²) in [4.78, 5) is 27.6. The van der Waals surface area contributed by atoms with Gasteiger partial charge in [0.1, 0.15) is 0 Å². The van der Waals surface area contributed by atoms with E-state index in [4.69, 9.17) is 9.84 Å². The number of esters is 1. The number of aryl methyl sites for hydroxylation is 1. The first-order valence-electron chi connectivity index (χ1n) is 7.57. The predicted molar refractivity (Wildman–Crippen MR) is 92.6 cm³/mol. The summed E-state index contributed by atoms with van der Waals surface area (Å²) in [7, 11) is 1.32. The SMILES string of the molecule is COC(=O)c1nc(NC(CCC(=O)O)Cc2ccccc2)sc1C. The summed E-state index contributed by atoms with van der Waals surface area (Å²) in [5.41, 5.74) is 1.41. The number of methoxy groups -OCH3 is 1. The number of hydrogen-bond acceptors (Lipinski definition) is 6. The van der Waals surface area contributed by atoms with Crippen molar-refractivity contribution in [3.63, 3.8) is 0 Å². The molecule has 0 aliphatic rings. The normalized spacial score (nSPS) is 11.8. The van der Waals surface area contributed by atoms with E-state index in [1.165, 1.54) is 18.4 Å². The fourth-order valence-corrected chi connectivity index (χ4v) is 3.22. The highest BCUT2D eigenvalue weighted by molar-refractivity contribution is 7.15. The van der Waals surface area contributed by atoms with Gasteiger partial charge in [-0.15, -0.1) is 11.3 Å². The third-order valence-electron chi connectivity index (χ3n) is 3.53. The Balaban J connectivity index is 2.12. The van der Waals surface area contributed by atoms with Gasteiger partial charge in [-0.1, -0.05) is 30.3 Å². The van der Waals surface area contributed by atoms with Crippen LogP contribution in [0.4, 0.5) is 5.13 Å². The van der Waals surface area contributed by atoms with Crippen LogP contribution in [0.1, 0.15) is 33.8 Å². The lowest BCUT2D eigenvalue weighted by atomic mass is 10.0. The van der Waals surface area contributed by atoms with Gasteiger partial charge in [0.05, 0.1) is 7.11 Å². The molecule has 7 heteroatoms. The number of hydrogen-bond donors (Lipinski definition) is 2. The van der Waals surface area contributed by atoms with E-state index >= 15 is 0 Å². The van der Waals surface area contributed by atoms with Gasteiger partial charge in [0.15, 0.2) is 10.8 Å². The first-order chi connectivity index (χ1) is 11.5. The third kappa shape index (κ3) is 5.06. The Bertz CT molecular complexity index is 700. The fraction of sp³-hybridized carbons (Fsp3) is 0.353. The molecule has 0 saturated carbocycles. The van der Waals surface area contributed by atoms with Crippen molar-refractivity contribution in [3.05, 3.63) is 46.5 Å². The Labute approximate surface area is 144 Å². The minimum Gasteiger partial charge on any atom is -0.481 e. The van der Waals surface area contributed by atoms with Crippen molar-refractivity contribution in [2.45, 2.75) is 32.2 Å². The monoisotopic (exact) mass is 348 g/mol. The maximum Gasteiger partial charge on any atom is 0.357 e. The van der Waals surface area contributed by atoms with Gasteiger partial charge >= 0.3 is 11.9 Å². The van der Waals surface area contributed by atoms with Gasteiger partial charge in [-0.2, -0.15) is 0 Å². The number of thiazole rings is 1. The lowest BCUT2D eigenvalue weighted by Gasteiger charge is -2.17. The number of carbonyl (C=O) groups is 2. The van der Waals surface area contributed by atoms with Gasteiger partial charge in [-0.3, -0.25) is 4.79 Å². The molecule has 0 aliphatic heterocycles. The zero-order chi connectivity index (χ0) is 17.5. The summed E-state index contributed by atoms with van der Waals surface area (Å²) < 4.78 is 4.71. The average molecular weight is 348 g/mol. The van der Waals surface area contributed by atoms with E-state index in [0.717, 1.165) is 10.4 Å². The van der Waals surface area contributed by atoms with Crippen LogP contribution in [0.3, 0.4) is 0 Å². The number of rotatable bonds is 8. The lowest BCUT2D eigenvalue weighted by Crippen LogP contribution is -2.23. The number of aliphatic carboxylic acids is 1. The molecular weight excluding hydrogens is 328 g/mol. The highest BCUT2D eigenvalue weighted by Gasteiger charge is 2.18. The summed E-state index contributed by atoms with van der Waals surface area (Å²) in [6.45, 7) is 1.80. The van der Waals surface area contributed by atoms with E-state index in [9.17, 15) is 9.59 Å². The fourth-order valence-electron chi connectivity index (χ4n) is 2.34. The Morgan fingerprint density at radius 2 is 2.04 bits per heavy atom. The van der Waals surface area contributed by atoms with Gasteiger partial charge < -0.3 is 15.2 Å². The van der Waals surface area contributed by atoms with Crippen molar-refractivity contribution in [2.24, 2.45) is 0 Å². The molecule has 2 N–H and O–H groups in total. The Morgan fingerprint density at radius 1 is 1.33 bits per heavy atom. The van der Waals surface area contributed by atoms with Crippen LogP contribution in [0.2, 0.25) is 0 Å². The van der Waals surface area contributed by atoms with Crippen LogP contribution in [0, 0.1) is 6.92 Å². The molecular formula is C17H20N2O4S. The lowest BCUT2D eigenvalue weighted by molar-refractivity contribution is -0.137. The Hall–Kier alpha value is -2.41. The smallest absolute Gasteiger partial charge is 0.357 e. The summed E-state index contributed by atoms with van der Waals surface area (Å²) >= 11 is 1.36. The number of aromatic nitrogens is 1. The van der Waals surface area contributed by atoms with Gasteiger partial charge in [-0.05, 0) is 25.3 Å². The maximum absolute atomic E-state index is 11.7. The van der Waals surface area contributed by atoms with E-state index in [2.05, 4.69) is 10.3 Å². The second-order valence-corrected chi connectivity index (χ2v) is 6.58. The molecule has 0 amide bonds. The van der Waals surface area contributed by atoms with Crippen LogP contribution in [0.5, 0.6) is 0 Å². The van der Waals surface area contributed by atoms with Crippen molar-refractivity contribution in [2.75, 3.05) is 12.4 Å². The molecule has 128 valence electrons. The molecule has 1 aromatic heterocycles. The van der Waals surface area contributed by atoms with Crippen LogP contribution in [0.15, 0.2) is 30.3 Å². The van der Waals surface area contributed by atoms with Gasteiger partial charge in [0, 0.05) is 17.3 Å². The van der Waals surface area contributed by atoms with Crippen molar-refractivity contribution < 1.29 is 19.4 Å². The molecule has 6 nitrogen and oxygen atoms in total. The van der Waals surface area contributed by atoms with E-state index in [-0.39, 0.29) is 12.5 Å².